The summed E-state index contributed by atoms with van der Waals surface area (Å²) in [6.07, 6.45) is 2.31. The summed E-state index contributed by atoms with van der Waals surface area (Å²) in [6.45, 7) is 2.83. The molecule has 0 aliphatic rings. The van der Waals surface area contributed by atoms with Crippen LogP contribution >= 0.6 is 0 Å². The van der Waals surface area contributed by atoms with E-state index in [2.05, 4.69) is 6.92 Å². The molecule has 1 rings (SSSR count). The fraction of sp³-hybridized carbons (Fsp3) is 0.417. The van der Waals surface area contributed by atoms with Crippen molar-refractivity contribution in [2.45, 2.75) is 26.2 Å². The standard InChI is InChI=1S/C12H17NO3.Na.H/c1-2-3-8-16-11-6-4-10(5-7-11)9-12(14)13-15;;/h4-7,15H,2-3,8-9H2,1H3,(H,13,14);;. The number of rotatable bonds is 6. The Morgan fingerprint density at radius 2 is 2.00 bits per heavy atom. The van der Waals surface area contributed by atoms with Gasteiger partial charge >= 0.3 is 29.6 Å². The van der Waals surface area contributed by atoms with Gasteiger partial charge in [0.2, 0.25) is 5.91 Å². The molecule has 0 bridgehead atoms. The fourth-order valence-electron chi connectivity index (χ4n) is 1.26. The van der Waals surface area contributed by atoms with Gasteiger partial charge in [0.1, 0.15) is 5.75 Å². The average Bonchev–Trinajstić information content (AvgIpc) is 2.31. The van der Waals surface area contributed by atoms with Crippen LogP contribution in [0.1, 0.15) is 25.3 Å². The number of carbonyl (C=O) groups excluding carboxylic acids is 1. The first-order chi connectivity index (χ1) is 7.76. The monoisotopic (exact) mass is 247 g/mol. The summed E-state index contributed by atoms with van der Waals surface area (Å²) < 4.78 is 5.48. The van der Waals surface area contributed by atoms with Crippen LogP contribution in [-0.4, -0.2) is 47.3 Å². The van der Waals surface area contributed by atoms with Gasteiger partial charge in [-0.2, -0.15) is 0 Å². The predicted octanol–water partition coefficient (Wildman–Crippen LogP) is 1.26. The molecule has 0 heterocycles. The van der Waals surface area contributed by atoms with E-state index in [1.165, 1.54) is 0 Å². The van der Waals surface area contributed by atoms with Gasteiger partial charge in [-0.1, -0.05) is 25.5 Å². The Balaban J connectivity index is 0.00000256. The van der Waals surface area contributed by atoms with E-state index in [0.717, 1.165) is 24.2 Å². The number of carbonyl (C=O) groups is 1. The zero-order chi connectivity index (χ0) is 11.8. The molecule has 1 aromatic carbocycles. The van der Waals surface area contributed by atoms with E-state index in [1.54, 1.807) is 5.48 Å². The SMILES string of the molecule is CCCCOc1ccc(CC(=O)NO)cc1.[NaH]. The third kappa shape index (κ3) is 6.68. The summed E-state index contributed by atoms with van der Waals surface area (Å²) in [5.74, 6) is 0.390. The molecule has 1 aromatic rings. The van der Waals surface area contributed by atoms with E-state index >= 15 is 0 Å². The Kier molecular flexibility index (Phi) is 9.17. The summed E-state index contributed by atoms with van der Waals surface area (Å²) in [5.41, 5.74) is 2.44. The number of hydrogen-bond acceptors (Lipinski definition) is 3. The van der Waals surface area contributed by atoms with Crippen molar-refractivity contribution in [3.05, 3.63) is 29.8 Å². The molecule has 17 heavy (non-hydrogen) atoms. The molecule has 1 amide bonds. The van der Waals surface area contributed by atoms with Crippen molar-refractivity contribution in [2.24, 2.45) is 0 Å². The first-order valence-corrected chi connectivity index (χ1v) is 5.41. The minimum absolute atomic E-state index is 0. The van der Waals surface area contributed by atoms with Gasteiger partial charge in [-0.15, -0.1) is 0 Å². The molecular formula is C12H18NNaO3. The molecule has 0 aliphatic heterocycles. The van der Waals surface area contributed by atoms with Crippen LogP contribution < -0.4 is 10.2 Å². The Morgan fingerprint density at radius 3 is 2.53 bits per heavy atom. The van der Waals surface area contributed by atoms with E-state index < -0.39 is 5.91 Å². The molecule has 5 heteroatoms. The molecule has 90 valence electrons. The Hall–Kier alpha value is -0.550. The van der Waals surface area contributed by atoms with Crippen LogP contribution in [0, 0.1) is 0 Å². The quantitative estimate of drug-likeness (QED) is 0.344. The van der Waals surface area contributed by atoms with Crippen molar-refractivity contribution < 1.29 is 14.7 Å². The number of benzene rings is 1. The molecule has 0 radical (unpaired) electrons. The molecule has 0 atom stereocenters. The van der Waals surface area contributed by atoms with Crippen molar-refractivity contribution in [3.63, 3.8) is 0 Å². The number of nitrogens with one attached hydrogen (secondary N) is 1. The third-order valence-electron chi connectivity index (χ3n) is 2.18. The van der Waals surface area contributed by atoms with Crippen molar-refractivity contribution >= 4 is 35.5 Å². The van der Waals surface area contributed by atoms with E-state index in [0.29, 0.717) is 6.61 Å². The molecule has 2 N–H and O–H groups in total. The van der Waals surface area contributed by atoms with Gasteiger partial charge in [0.05, 0.1) is 13.0 Å². The molecule has 0 spiro atoms. The van der Waals surface area contributed by atoms with Gasteiger partial charge < -0.3 is 4.74 Å². The molecule has 4 nitrogen and oxygen atoms in total. The van der Waals surface area contributed by atoms with Gasteiger partial charge in [0, 0.05) is 0 Å². The van der Waals surface area contributed by atoms with E-state index in [4.69, 9.17) is 9.94 Å². The molecule has 0 unspecified atom stereocenters. The molecule has 0 aliphatic carbocycles. The summed E-state index contributed by atoms with van der Waals surface area (Å²) in [6, 6.07) is 7.29. The Labute approximate surface area is 124 Å². The van der Waals surface area contributed by atoms with E-state index in [1.807, 2.05) is 24.3 Å². The second kappa shape index (κ2) is 9.48. The molecular weight excluding hydrogens is 229 g/mol. The van der Waals surface area contributed by atoms with Crippen LogP contribution in [0.25, 0.3) is 0 Å². The van der Waals surface area contributed by atoms with Gasteiger partial charge in [0.15, 0.2) is 0 Å². The zero-order valence-corrected chi connectivity index (χ0v) is 9.40. The second-order valence-corrected chi connectivity index (χ2v) is 3.56. The number of hydrogen-bond donors (Lipinski definition) is 2. The van der Waals surface area contributed by atoms with Crippen molar-refractivity contribution in [1.29, 1.82) is 0 Å². The van der Waals surface area contributed by atoms with Crippen LogP contribution in [0.5, 0.6) is 5.75 Å². The topological polar surface area (TPSA) is 58.6 Å². The number of hydroxylamine groups is 1. The second-order valence-electron chi connectivity index (χ2n) is 3.56. The van der Waals surface area contributed by atoms with Crippen LogP contribution in [0.3, 0.4) is 0 Å². The molecule has 0 fully saturated rings. The first-order valence-electron chi connectivity index (χ1n) is 5.41. The van der Waals surface area contributed by atoms with Crippen LogP contribution in [0.2, 0.25) is 0 Å². The van der Waals surface area contributed by atoms with Crippen LogP contribution in [-0.2, 0) is 11.2 Å². The van der Waals surface area contributed by atoms with Crippen molar-refractivity contribution in [2.75, 3.05) is 6.61 Å². The van der Waals surface area contributed by atoms with Gasteiger partial charge in [-0.05, 0) is 24.1 Å². The molecule has 0 saturated heterocycles. The molecule has 0 aromatic heterocycles. The Morgan fingerprint density at radius 1 is 1.35 bits per heavy atom. The normalized spacial score (nSPS) is 9.29. The van der Waals surface area contributed by atoms with Crippen molar-refractivity contribution in [1.82, 2.24) is 5.48 Å². The summed E-state index contributed by atoms with van der Waals surface area (Å²) in [7, 11) is 0. The summed E-state index contributed by atoms with van der Waals surface area (Å²) in [5, 5.41) is 8.37. The average molecular weight is 247 g/mol. The predicted molar refractivity (Wildman–Crippen MR) is 67.6 cm³/mol. The van der Waals surface area contributed by atoms with Crippen LogP contribution in [0.15, 0.2) is 24.3 Å². The van der Waals surface area contributed by atoms with E-state index in [9.17, 15) is 4.79 Å². The van der Waals surface area contributed by atoms with Gasteiger partial charge in [0.25, 0.3) is 0 Å². The maximum absolute atomic E-state index is 10.9. The zero-order valence-electron chi connectivity index (χ0n) is 9.40. The number of amides is 1. The van der Waals surface area contributed by atoms with E-state index in [-0.39, 0.29) is 36.0 Å². The van der Waals surface area contributed by atoms with Gasteiger partial charge in [-0.3, -0.25) is 10.0 Å². The molecule has 0 saturated carbocycles. The van der Waals surface area contributed by atoms with Crippen LogP contribution in [0.4, 0.5) is 0 Å². The van der Waals surface area contributed by atoms with Crippen molar-refractivity contribution in [3.8, 4) is 5.75 Å². The minimum atomic E-state index is -0.417. The summed E-state index contributed by atoms with van der Waals surface area (Å²) in [4.78, 5) is 10.9. The third-order valence-corrected chi connectivity index (χ3v) is 2.18. The number of ether oxygens (including phenoxy) is 1. The first kappa shape index (κ1) is 16.4. The van der Waals surface area contributed by atoms with Gasteiger partial charge in [-0.25, -0.2) is 5.48 Å². The maximum atomic E-state index is 10.9. The fourth-order valence-corrected chi connectivity index (χ4v) is 1.26. The number of unbranched alkanes of at least 4 members (excludes halogenated alkanes) is 1. The Bertz CT molecular complexity index is 327. The summed E-state index contributed by atoms with van der Waals surface area (Å²) >= 11 is 0.